The molecule has 366 valence electrons. The lowest BCUT2D eigenvalue weighted by Crippen LogP contribution is -2.67. The van der Waals surface area contributed by atoms with Gasteiger partial charge in [0.25, 0.3) is 0 Å². The molecule has 7 N–H and O–H groups in total. The van der Waals surface area contributed by atoms with E-state index in [-0.39, 0.29) is 48.8 Å². The number of nitrogens with one attached hydrogen (secondary N) is 3. The average Bonchev–Trinajstić information content (AvgIpc) is 3.94. The highest BCUT2D eigenvalue weighted by molar-refractivity contribution is 7.99. The van der Waals surface area contributed by atoms with E-state index in [4.69, 9.17) is 41.0 Å². The number of anilines is 1. The molecule has 1 aromatic rings. The number of hydrogen-bond acceptors (Lipinski definition) is 14. The van der Waals surface area contributed by atoms with E-state index in [1.54, 1.807) is 45.1 Å². The number of carbonyl (C=O) groups excluding carboxylic acids is 6. The number of carboxylic acid groups (broad SMARTS) is 1. The Balaban J connectivity index is 1.55. The van der Waals surface area contributed by atoms with E-state index in [9.17, 15) is 43.8 Å². The number of alkyl carbamates (subject to hydrolysis) is 1. The number of urea groups is 1. The van der Waals surface area contributed by atoms with Crippen molar-refractivity contribution in [3.8, 4) is 5.75 Å². The van der Waals surface area contributed by atoms with Crippen LogP contribution in [0.25, 0.3) is 0 Å². The topological polar surface area (TPSA) is 278 Å². The number of carbonyl (C=O) groups is 7. The van der Waals surface area contributed by atoms with E-state index in [0.29, 0.717) is 17.9 Å². The number of hydrogen-bond donors (Lipinski definition) is 6. The summed E-state index contributed by atoms with van der Waals surface area (Å²) >= 11 is 7.88. The van der Waals surface area contributed by atoms with Crippen LogP contribution in [-0.2, 0) is 49.3 Å². The molecule has 0 spiro atoms. The van der Waals surface area contributed by atoms with Crippen LogP contribution in [-0.4, -0.2) is 151 Å². The lowest BCUT2D eigenvalue weighted by Gasteiger charge is -2.47. The summed E-state index contributed by atoms with van der Waals surface area (Å²) in [5.41, 5.74) is 2.38. The van der Waals surface area contributed by atoms with Crippen molar-refractivity contribution in [1.29, 1.82) is 0 Å². The second-order valence-electron chi connectivity index (χ2n) is 17.3. The lowest BCUT2D eigenvalue weighted by atomic mass is 9.75. The van der Waals surface area contributed by atoms with Gasteiger partial charge in [-0.1, -0.05) is 42.3 Å². The molecule has 0 aliphatic carbocycles. The zero-order chi connectivity index (χ0) is 49.3. The summed E-state index contributed by atoms with van der Waals surface area (Å²) in [5, 5.41) is 28.9. The Labute approximate surface area is 393 Å². The van der Waals surface area contributed by atoms with Crippen molar-refractivity contribution in [1.82, 2.24) is 20.9 Å². The fraction of sp³-hybridized carbons (Fsp3) is 0.614. The second kappa shape index (κ2) is 22.6. The maximum absolute atomic E-state index is 14.3. The van der Waals surface area contributed by atoms with E-state index >= 15 is 0 Å². The number of nitrogens with zero attached hydrogens (tertiary/aromatic N) is 2. The number of carboxylic acids is 1. The van der Waals surface area contributed by atoms with E-state index < -0.39 is 101 Å². The molecule has 6 amide bonds. The molecule has 66 heavy (non-hydrogen) atoms. The molecule has 0 aromatic heterocycles. The van der Waals surface area contributed by atoms with Crippen molar-refractivity contribution < 1.29 is 67.5 Å². The molecule has 22 heteroatoms. The van der Waals surface area contributed by atoms with Gasteiger partial charge in [-0.05, 0) is 64.7 Å². The Bertz CT molecular complexity index is 2080. The summed E-state index contributed by atoms with van der Waals surface area (Å²) in [6, 6.07) is 0.424. The van der Waals surface area contributed by atoms with Crippen LogP contribution in [0.5, 0.6) is 5.75 Å². The number of halogens is 1. The van der Waals surface area contributed by atoms with Gasteiger partial charge in [0.05, 0.1) is 31.1 Å². The van der Waals surface area contributed by atoms with E-state index in [0.717, 1.165) is 22.9 Å². The highest BCUT2D eigenvalue weighted by atomic mass is 35.5. The largest absolute Gasteiger partial charge is 0.495 e. The molecule has 4 bridgehead atoms. The van der Waals surface area contributed by atoms with Gasteiger partial charge in [0.2, 0.25) is 17.7 Å². The molecular formula is C44H63ClN6O14S. The Morgan fingerprint density at radius 3 is 2.52 bits per heavy atom. The number of benzene rings is 1. The molecular weight excluding hydrogens is 904 g/mol. The van der Waals surface area contributed by atoms with Gasteiger partial charge in [-0.25, -0.2) is 19.2 Å². The minimum absolute atomic E-state index is 0.0549. The van der Waals surface area contributed by atoms with Crippen LogP contribution < -0.4 is 31.3 Å². The quantitative estimate of drug-likeness (QED) is 0.0789. The molecule has 0 unspecified atom stereocenters. The molecule has 3 aliphatic heterocycles. The summed E-state index contributed by atoms with van der Waals surface area (Å²) in [4.78, 5) is 92.3. The molecule has 0 radical (unpaired) electrons. The molecule has 9 atom stereocenters. The van der Waals surface area contributed by atoms with Crippen molar-refractivity contribution in [3.63, 3.8) is 0 Å². The summed E-state index contributed by atoms with van der Waals surface area (Å²) in [6.07, 6.45) is 1.33. The normalized spacial score (nSPS) is 28.7. The fourth-order valence-corrected chi connectivity index (χ4v) is 9.10. The van der Waals surface area contributed by atoms with Crippen LogP contribution in [0, 0.1) is 5.92 Å². The van der Waals surface area contributed by atoms with Gasteiger partial charge in [0.1, 0.15) is 46.3 Å². The summed E-state index contributed by atoms with van der Waals surface area (Å²) < 4.78 is 29.6. The predicted octanol–water partition coefficient (Wildman–Crippen LogP) is 3.05. The number of epoxide rings is 1. The van der Waals surface area contributed by atoms with Crippen LogP contribution in [0.15, 0.2) is 35.9 Å². The number of thioether (sulfide) groups is 1. The highest BCUT2D eigenvalue weighted by Crippen LogP contribution is 2.52. The van der Waals surface area contributed by atoms with Crippen LogP contribution in [0.3, 0.4) is 0 Å². The van der Waals surface area contributed by atoms with E-state index in [2.05, 4.69) is 16.0 Å². The standard InChI is InChI=1S/C44H63ClN6O14S/c1-24-12-10-14-31(62-9)44(60)23-42(4,65-41(59)49-44)25(2)37-43(5,64-37)32(21-35(54)51(7)29-19-27(18-24)20-30(61-8)36(29)45)63-39(57)26(3)50(6)34(53)15-17-66-22-33(52)48-28(38(55)56)13-11-16-47-40(46)58/h10,12,14,19-20,25-26,28,31-32,37,60H,11,13,15-18,21-23H2,1-9H3,(H,48,52)(H,49,59)(H,55,56)(H3,46,47,58)/b14-10+,24-12+/t25-,26-,28-,31+,32-,37-,42-,43-,44-/m0/s1. The van der Waals surface area contributed by atoms with Crippen molar-refractivity contribution in [3.05, 3.63) is 46.5 Å². The van der Waals surface area contributed by atoms with Crippen molar-refractivity contribution in [2.75, 3.05) is 51.3 Å². The van der Waals surface area contributed by atoms with E-state index in [1.807, 2.05) is 13.0 Å². The number of rotatable bonds is 16. The van der Waals surface area contributed by atoms with Gasteiger partial charge < -0.3 is 60.1 Å². The number of methoxy groups -OCH3 is 2. The Hall–Kier alpha value is -5.09. The number of aliphatic carboxylic acids is 1. The molecule has 2 saturated heterocycles. The third-order valence-corrected chi connectivity index (χ3v) is 13.7. The Kier molecular flexibility index (Phi) is 18.3. The number of fused-ring (bicyclic) bond motifs is 5. The third kappa shape index (κ3) is 13.3. The molecule has 2 fully saturated rings. The van der Waals surface area contributed by atoms with Crippen molar-refractivity contribution >= 4 is 70.8 Å². The summed E-state index contributed by atoms with van der Waals surface area (Å²) in [7, 11) is 5.81. The maximum atomic E-state index is 14.3. The van der Waals surface area contributed by atoms with E-state index in [1.165, 1.54) is 45.0 Å². The van der Waals surface area contributed by atoms with Crippen LogP contribution in [0.4, 0.5) is 15.3 Å². The molecule has 1 aromatic carbocycles. The fourth-order valence-electron chi connectivity index (χ4n) is 8.06. The number of allylic oxidation sites excluding steroid dienone is 3. The van der Waals surface area contributed by atoms with Crippen LogP contribution in [0.2, 0.25) is 5.02 Å². The number of aliphatic hydroxyl groups is 1. The summed E-state index contributed by atoms with van der Waals surface area (Å²) in [5.74, 6) is -3.93. The molecule has 20 nitrogen and oxygen atoms in total. The first-order valence-electron chi connectivity index (χ1n) is 21.4. The lowest BCUT2D eigenvalue weighted by molar-refractivity contribution is -0.173. The predicted molar refractivity (Wildman–Crippen MR) is 244 cm³/mol. The molecule has 3 heterocycles. The molecule has 0 saturated carbocycles. The average molecular weight is 968 g/mol. The SMILES string of the molecule is COc1cc2cc(c1Cl)N(C)C(=O)C[C@H](OC(=O)[C@H](C)N(C)C(=O)CCSCC(=O)N[C@@H](CCCNC(N)=O)C(=O)O)[C@]1(C)O[C@H]1[C@H](C)[C@]1(C)C[C@@](O)(NC(=O)O1)[C@H](OC)/C=C/C=C(\C)C2. The minimum Gasteiger partial charge on any atom is -0.495 e. The van der Waals surface area contributed by atoms with Crippen molar-refractivity contribution in [2.45, 2.75) is 120 Å². The first-order chi connectivity index (χ1) is 30.9. The molecule has 3 aliphatic rings. The van der Waals surface area contributed by atoms with Gasteiger partial charge in [0, 0.05) is 52.3 Å². The second-order valence-corrected chi connectivity index (χ2v) is 18.7. The number of esters is 1. The van der Waals surface area contributed by atoms with Crippen molar-refractivity contribution in [2.24, 2.45) is 11.7 Å². The van der Waals surface area contributed by atoms with Gasteiger partial charge in [-0.15, -0.1) is 0 Å². The number of likely N-dealkylation sites (N-methyl/N-ethyl adjacent to an activating group) is 1. The Morgan fingerprint density at radius 2 is 1.88 bits per heavy atom. The number of amides is 6. The third-order valence-electron chi connectivity index (χ3n) is 12.3. The van der Waals surface area contributed by atoms with Gasteiger partial charge in [-0.3, -0.25) is 19.7 Å². The number of nitrogens with two attached hydrogens (primary N) is 1. The highest BCUT2D eigenvalue weighted by Gasteiger charge is 2.67. The smallest absolute Gasteiger partial charge is 0.410 e. The monoisotopic (exact) mass is 966 g/mol. The maximum Gasteiger partial charge on any atom is 0.410 e. The van der Waals surface area contributed by atoms with Crippen LogP contribution in [0.1, 0.15) is 72.3 Å². The Morgan fingerprint density at radius 1 is 1.18 bits per heavy atom. The first-order valence-corrected chi connectivity index (χ1v) is 22.9. The number of primary amides is 1. The molecule has 4 rings (SSSR count). The summed E-state index contributed by atoms with van der Waals surface area (Å²) in [6.45, 7) is 8.58. The first kappa shape index (κ1) is 53.5. The van der Waals surface area contributed by atoms with Gasteiger partial charge in [-0.2, -0.15) is 11.8 Å². The zero-order valence-electron chi connectivity index (χ0n) is 38.8. The van der Waals surface area contributed by atoms with Crippen LogP contribution >= 0.6 is 23.4 Å². The number of ether oxygens (including phenoxy) is 5. The van der Waals surface area contributed by atoms with Gasteiger partial charge >= 0.3 is 24.1 Å². The minimum atomic E-state index is -1.92. The zero-order valence-corrected chi connectivity index (χ0v) is 40.3. The van der Waals surface area contributed by atoms with Gasteiger partial charge in [0.15, 0.2) is 5.72 Å².